The highest BCUT2D eigenvalue weighted by molar-refractivity contribution is 7.99. The molecule has 2 nitrogen and oxygen atoms in total. The lowest BCUT2D eigenvalue weighted by Crippen LogP contribution is -1.98. The Bertz CT molecular complexity index is 263. The molecule has 0 spiro atoms. The van der Waals surface area contributed by atoms with Crippen molar-refractivity contribution in [1.82, 2.24) is 4.98 Å². The Kier molecular flexibility index (Phi) is 5.64. The molecule has 0 aliphatic heterocycles. The van der Waals surface area contributed by atoms with Gasteiger partial charge in [-0.05, 0) is 23.8 Å². The first kappa shape index (κ1) is 11.5. The van der Waals surface area contributed by atoms with Gasteiger partial charge in [-0.2, -0.15) is 0 Å². The van der Waals surface area contributed by atoms with Crippen LogP contribution in [0.25, 0.3) is 0 Å². The van der Waals surface area contributed by atoms with E-state index in [0.29, 0.717) is 6.54 Å². The maximum Gasteiger partial charge on any atom is 0.0407 e. The summed E-state index contributed by atoms with van der Waals surface area (Å²) < 4.78 is 0. The van der Waals surface area contributed by atoms with Crippen molar-refractivity contribution in [3.05, 3.63) is 24.0 Å². The van der Waals surface area contributed by atoms with Crippen molar-refractivity contribution in [3.8, 4) is 0 Å². The number of nitrogens with two attached hydrogens (primary N) is 1. The fourth-order valence-corrected chi connectivity index (χ4v) is 2.28. The van der Waals surface area contributed by atoms with E-state index in [0.717, 1.165) is 0 Å². The summed E-state index contributed by atoms with van der Waals surface area (Å²) in [6.45, 7) is 2.83. The Hall–Kier alpha value is -0.540. The Labute approximate surface area is 90.3 Å². The monoisotopic (exact) mass is 210 g/mol. The maximum absolute atomic E-state index is 5.64. The molecule has 78 valence electrons. The normalized spacial score (nSPS) is 10.4. The summed E-state index contributed by atoms with van der Waals surface area (Å²) in [7, 11) is 0. The molecule has 1 aromatic heterocycles. The van der Waals surface area contributed by atoms with E-state index in [1.54, 1.807) is 6.20 Å². The van der Waals surface area contributed by atoms with Gasteiger partial charge in [0.25, 0.3) is 0 Å². The topological polar surface area (TPSA) is 38.9 Å². The maximum atomic E-state index is 5.64. The average molecular weight is 210 g/mol. The van der Waals surface area contributed by atoms with E-state index >= 15 is 0 Å². The van der Waals surface area contributed by atoms with Gasteiger partial charge in [0.05, 0.1) is 0 Å². The summed E-state index contributed by atoms with van der Waals surface area (Å²) in [5.74, 6) is 1.17. The third-order valence-corrected chi connectivity index (χ3v) is 3.27. The van der Waals surface area contributed by atoms with Crippen LogP contribution < -0.4 is 5.73 Å². The van der Waals surface area contributed by atoms with Crippen molar-refractivity contribution >= 4 is 11.8 Å². The van der Waals surface area contributed by atoms with E-state index in [2.05, 4.69) is 11.9 Å². The number of hydrogen-bond donors (Lipinski definition) is 1. The van der Waals surface area contributed by atoms with E-state index in [4.69, 9.17) is 5.73 Å². The van der Waals surface area contributed by atoms with Gasteiger partial charge in [0.2, 0.25) is 0 Å². The molecule has 1 rings (SSSR count). The fraction of sp³-hybridized carbons (Fsp3) is 0.545. The van der Waals surface area contributed by atoms with Crippen LogP contribution in [0.3, 0.4) is 0 Å². The van der Waals surface area contributed by atoms with Crippen LogP contribution in [-0.4, -0.2) is 10.7 Å². The van der Waals surface area contributed by atoms with Gasteiger partial charge in [-0.3, -0.25) is 4.98 Å². The lowest BCUT2D eigenvalue weighted by Gasteiger charge is -2.05. The van der Waals surface area contributed by atoms with Crippen molar-refractivity contribution in [3.63, 3.8) is 0 Å². The molecule has 1 aromatic rings. The number of unbranched alkanes of at least 4 members (excludes halogenated alkanes) is 2. The summed E-state index contributed by atoms with van der Waals surface area (Å²) in [6.07, 6.45) is 7.58. The highest BCUT2D eigenvalue weighted by Crippen LogP contribution is 2.22. The molecule has 0 saturated carbocycles. The van der Waals surface area contributed by atoms with Crippen LogP contribution in [0, 0.1) is 0 Å². The van der Waals surface area contributed by atoms with Gasteiger partial charge in [0.15, 0.2) is 0 Å². The first-order chi connectivity index (χ1) is 6.88. The van der Waals surface area contributed by atoms with Crippen LogP contribution >= 0.6 is 11.8 Å². The largest absolute Gasteiger partial charge is 0.326 e. The molecule has 0 aromatic carbocycles. The van der Waals surface area contributed by atoms with E-state index in [1.165, 1.54) is 35.5 Å². The molecule has 0 fully saturated rings. The van der Waals surface area contributed by atoms with Crippen molar-refractivity contribution in [2.24, 2.45) is 5.73 Å². The lowest BCUT2D eigenvalue weighted by atomic mass is 10.3. The zero-order valence-electron chi connectivity index (χ0n) is 8.70. The summed E-state index contributed by atoms with van der Waals surface area (Å²) in [5.41, 5.74) is 6.85. The third-order valence-electron chi connectivity index (χ3n) is 2.10. The SMILES string of the molecule is CCCCCSc1cnccc1CN. The van der Waals surface area contributed by atoms with Gasteiger partial charge in [-0.1, -0.05) is 19.8 Å². The van der Waals surface area contributed by atoms with Gasteiger partial charge in [0.1, 0.15) is 0 Å². The van der Waals surface area contributed by atoms with Crippen molar-refractivity contribution in [2.75, 3.05) is 5.75 Å². The van der Waals surface area contributed by atoms with Gasteiger partial charge in [-0.25, -0.2) is 0 Å². The summed E-state index contributed by atoms with van der Waals surface area (Å²) in [4.78, 5) is 5.36. The minimum Gasteiger partial charge on any atom is -0.326 e. The van der Waals surface area contributed by atoms with Crippen LogP contribution in [0.2, 0.25) is 0 Å². The van der Waals surface area contributed by atoms with Gasteiger partial charge < -0.3 is 5.73 Å². The van der Waals surface area contributed by atoms with E-state index in [-0.39, 0.29) is 0 Å². The number of rotatable bonds is 6. The molecular formula is C11H18N2S. The van der Waals surface area contributed by atoms with Crippen LogP contribution in [-0.2, 0) is 6.54 Å². The third kappa shape index (κ3) is 3.68. The molecular weight excluding hydrogens is 192 g/mol. The molecule has 14 heavy (non-hydrogen) atoms. The molecule has 0 radical (unpaired) electrons. The Morgan fingerprint density at radius 3 is 3.00 bits per heavy atom. The van der Waals surface area contributed by atoms with Crippen molar-refractivity contribution < 1.29 is 0 Å². The minimum atomic E-state index is 0.610. The molecule has 0 unspecified atom stereocenters. The Morgan fingerprint density at radius 1 is 1.43 bits per heavy atom. The number of pyridine rings is 1. The van der Waals surface area contributed by atoms with Crippen LogP contribution in [0.1, 0.15) is 31.7 Å². The van der Waals surface area contributed by atoms with Crippen LogP contribution in [0.15, 0.2) is 23.4 Å². The lowest BCUT2D eigenvalue weighted by molar-refractivity contribution is 0.778. The highest BCUT2D eigenvalue weighted by Gasteiger charge is 2.00. The molecule has 0 aliphatic carbocycles. The van der Waals surface area contributed by atoms with E-state index in [1.807, 2.05) is 24.0 Å². The molecule has 2 N–H and O–H groups in total. The second kappa shape index (κ2) is 6.85. The predicted octanol–water partition coefficient (Wildman–Crippen LogP) is 2.82. The van der Waals surface area contributed by atoms with Crippen LogP contribution in [0.4, 0.5) is 0 Å². The molecule has 0 amide bonds. The number of hydrogen-bond acceptors (Lipinski definition) is 3. The predicted molar refractivity (Wildman–Crippen MR) is 62.4 cm³/mol. The number of aromatic nitrogens is 1. The Balaban J connectivity index is 2.41. The molecule has 0 aliphatic rings. The summed E-state index contributed by atoms with van der Waals surface area (Å²) in [6, 6.07) is 2.00. The number of nitrogens with zero attached hydrogens (tertiary/aromatic N) is 1. The minimum absolute atomic E-state index is 0.610. The number of thioether (sulfide) groups is 1. The molecule has 1 heterocycles. The standard InChI is InChI=1S/C11H18N2S/c1-2-3-4-7-14-11-9-13-6-5-10(11)8-12/h5-6,9H,2-4,7-8,12H2,1H3. The van der Waals surface area contributed by atoms with Gasteiger partial charge >= 0.3 is 0 Å². The molecule has 0 saturated heterocycles. The van der Waals surface area contributed by atoms with Gasteiger partial charge in [-0.15, -0.1) is 11.8 Å². The second-order valence-electron chi connectivity index (χ2n) is 3.24. The average Bonchev–Trinajstić information content (AvgIpc) is 2.25. The zero-order chi connectivity index (χ0) is 10.2. The summed E-state index contributed by atoms with van der Waals surface area (Å²) in [5, 5.41) is 0. The Morgan fingerprint density at radius 2 is 2.29 bits per heavy atom. The smallest absolute Gasteiger partial charge is 0.0407 e. The summed E-state index contributed by atoms with van der Waals surface area (Å²) >= 11 is 1.87. The molecule has 0 bridgehead atoms. The van der Waals surface area contributed by atoms with E-state index in [9.17, 15) is 0 Å². The van der Waals surface area contributed by atoms with Crippen LogP contribution in [0.5, 0.6) is 0 Å². The first-order valence-electron chi connectivity index (χ1n) is 5.14. The zero-order valence-corrected chi connectivity index (χ0v) is 9.52. The van der Waals surface area contributed by atoms with Crippen molar-refractivity contribution in [2.45, 2.75) is 37.6 Å². The van der Waals surface area contributed by atoms with Gasteiger partial charge in [0, 0.05) is 23.8 Å². The van der Waals surface area contributed by atoms with E-state index < -0.39 is 0 Å². The first-order valence-corrected chi connectivity index (χ1v) is 6.12. The molecule has 0 atom stereocenters. The second-order valence-corrected chi connectivity index (χ2v) is 4.38. The fourth-order valence-electron chi connectivity index (χ4n) is 1.24. The van der Waals surface area contributed by atoms with Crippen molar-refractivity contribution in [1.29, 1.82) is 0 Å². The molecule has 3 heteroatoms. The highest BCUT2D eigenvalue weighted by atomic mass is 32.2. The quantitative estimate of drug-likeness (QED) is 0.579.